The first kappa shape index (κ1) is 56.5. The Kier molecular flexibility index (Phi) is 13.0. The van der Waals surface area contributed by atoms with Crippen LogP contribution in [0.1, 0.15) is 0 Å². The molecular weight excluding hydrogens is 1230 g/mol. The Bertz CT molecular complexity index is 6570. The number of para-hydroxylation sites is 3. The van der Waals surface area contributed by atoms with Gasteiger partial charge in [0.25, 0.3) is 0 Å². The molecule has 0 saturated heterocycles. The SMILES string of the molecule is c1ccc(-c2nc(-c3ccccc3)nc(-c3cccc4oc5ccc(-c6ccc7c(c6)c6nc(-c8ccc(-c9nc(-c%10ccccc%10)nc(-c%10cccc%11oc%12ccc(-c%13ccc%14c(n%13)c%13ccccc%13n%14-c%13ccccc%13)cc%12c%10%11)n9)cc8)ccc6n7-c6ccccc6)cc5c34)n2)cc1. The fraction of sp³-hybridized carbons (Fsp3) is 0. The zero-order valence-corrected chi connectivity index (χ0v) is 53.3. The van der Waals surface area contributed by atoms with Crippen molar-refractivity contribution in [1.29, 1.82) is 0 Å². The molecule has 0 radical (unpaired) electrons. The molecule has 0 aliphatic carbocycles. The van der Waals surface area contributed by atoms with Crippen molar-refractivity contribution in [3.63, 3.8) is 0 Å². The van der Waals surface area contributed by atoms with E-state index in [0.29, 0.717) is 34.9 Å². The van der Waals surface area contributed by atoms with Crippen molar-refractivity contribution in [2.45, 2.75) is 0 Å². The van der Waals surface area contributed by atoms with Crippen LogP contribution in [0.5, 0.6) is 0 Å². The van der Waals surface area contributed by atoms with Gasteiger partial charge in [0.15, 0.2) is 34.9 Å². The molecule has 20 rings (SSSR count). The summed E-state index contributed by atoms with van der Waals surface area (Å²) in [6.07, 6.45) is 0. The summed E-state index contributed by atoms with van der Waals surface area (Å²) < 4.78 is 17.8. The molecule has 0 unspecified atom stereocenters. The van der Waals surface area contributed by atoms with E-state index >= 15 is 0 Å². The monoisotopic (exact) mass is 1280 g/mol. The lowest BCUT2D eigenvalue weighted by molar-refractivity contribution is 0.668. The first-order chi connectivity index (χ1) is 49.5. The second-order valence-electron chi connectivity index (χ2n) is 25.0. The van der Waals surface area contributed by atoms with E-state index in [9.17, 15) is 0 Å². The van der Waals surface area contributed by atoms with E-state index in [2.05, 4.69) is 191 Å². The zero-order chi connectivity index (χ0) is 65.8. The van der Waals surface area contributed by atoms with Gasteiger partial charge >= 0.3 is 0 Å². The molecule has 0 N–H and O–H groups in total. The lowest BCUT2D eigenvalue weighted by Gasteiger charge is -2.10. The summed E-state index contributed by atoms with van der Waals surface area (Å²) in [6, 6.07) is 108. The first-order valence-electron chi connectivity index (χ1n) is 33.2. The van der Waals surface area contributed by atoms with Crippen LogP contribution in [0.15, 0.2) is 324 Å². The molecule has 12 heteroatoms. The molecule has 0 bridgehead atoms. The standard InChI is InChI=1S/C88H52N10O2/c1-6-20-54(21-7-1)83-91-84(55-22-8-2-9-23-55)94-87(93-83)64-31-18-34-77-79(64)67-51-59(41-48-75(67)99-77)58-40-45-72-66(50-58)82-74(98(72)62-28-14-5-15-29-62)46-43-69(89-82)53-36-38-57(39-37-53)86-92-85(56-24-10-3-11-25-56)95-88(96-86)65-32-19-35-78-80(65)68-52-60(42-49-76(68)100-78)70-44-47-73-81(90-70)63-30-16-17-33-71(63)97(73)61-26-12-4-13-27-61/h1-52H. The van der Waals surface area contributed by atoms with Crippen LogP contribution >= 0.6 is 0 Å². The summed E-state index contributed by atoms with van der Waals surface area (Å²) in [5, 5.41) is 5.84. The average Bonchev–Trinajstić information content (AvgIpc) is 1.58. The minimum absolute atomic E-state index is 0.527. The lowest BCUT2D eigenvalue weighted by Crippen LogP contribution is -2.00. The van der Waals surface area contributed by atoms with Gasteiger partial charge in [0, 0.05) is 88.2 Å². The third-order valence-electron chi connectivity index (χ3n) is 19.1. The molecule has 0 amide bonds. The molecule has 100 heavy (non-hydrogen) atoms. The van der Waals surface area contributed by atoms with Gasteiger partial charge in [-0.2, -0.15) is 0 Å². The van der Waals surface area contributed by atoms with Crippen LogP contribution in [-0.2, 0) is 0 Å². The van der Waals surface area contributed by atoms with Crippen LogP contribution in [0.25, 0.3) is 201 Å². The largest absolute Gasteiger partial charge is 0.456 e. The van der Waals surface area contributed by atoms with Gasteiger partial charge in [-0.25, -0.2) is 39.9 Å². The van der Waals surface area contributed by atoms with Gasteiger partial charge in [0.1, 0.15) is 22.3 Å². The van der Waals surface area contributed by atoms with E-state index in [0.717, 1.165) is 166 Å². The topological polar surface area (TPSA) is 139 Å². The van der Waals surface area contributed by atoms with Gasteiger partial charge in [-0.1, -0.05) is 206 Å². The fourth-order valence-corrected chi connectivity index (χ4v) is 14.3. The Balaban J connectivity index is 0.673. The first-order valence-corrected chi connectivity index (χ1v) is 33.2. The predicted octanol–water partition coefficient (Wildman–Crippen LogP) is 21.8. The molecule has 0 aliphatic heterocycles. The van der Waals surface area contributed by atoms with Crippen LogP contribution in [0, 0.1) is 0 Å². The quantitative estimate of drug-likeness (QED) is 0.123. The summed E-state index contributed by atoms with van der Waals surface area (Å²) in [7, 11) is 0. The maximum atomic E-state index is 6.63. The van der Waals surface area contributed by atoms with E-state index < -0.39 is 0 Å². The molecular formula is C88H52N10O2. The Morgan fingerprint density at radius 3 is 1.08 bits per heavy atom. The maximum absolute atomic E-state index is 6.63. The van der Waals surface area contributed by atoms with Gasteiger partial charge in [0.2, 0.25) is 0 Å². The highest BCUT2D eigenvalue weighted by molar-refractivity contribution is 6.15. The van der Waals surface area contributed by atoms with Crippen LogP contribution in [0.2, 0.25) is 0 Å². The normalized spacial score (nSPS) is 11.8. The van der Waals surface area contributed by atoms with Gasteiger partial charge in [-0.05, 0) is 120 Å². The number of fused-ring (bicyclic) bond motifs is 12. The van der Waals surface area contributed by atoms with Gasteiger partial charge in [0.05, 0.1) is 44.5 Å². The van der Waals surface area contributed by atoms with Gasteiger partial charge in [-0.15, -0.1) is 0 Å². The lowest BCUT2D eigenvalue weighted by atomic mass is 9.99. The number of rotatable bonds is 11. The number of benzene rings is 12. The highest BCUT2D eigenvalue weighted by Gasteiger charge is 2.24. The fourth-order valence-electron chi connectivity index (χ4n) is 14.3. The molecule has 0 aliphatic rings. The number of hydrogen-bond donors (Lipinski definition) is 0. The van der Waals surface area contributed by atoms with Gasteiger partial charge in [-0.3, -0.25) is 0 Å². The molecule has 20 aromatic rings. The van der Waals surface area contributed by atoms with E-state index in [1.165, 1.54) is 0 Å². The third kappa shape index (κ3) is 9.45. The number of pyridine rings is 2. The molecule has 0 atom stereocenters. The van der Waals surface area contributed by atoms with Crippen LogP contribution in [-0.4, -0.2) is 49.0 Å². The maximum Gasteiger partial charge on any atom is 0.164 e. The van der Waals surface area contributed by atoms with Crippen molar-refractivity contribution in [3.05, 3.63) is 315 Å². The Morgan fingerprint density at radius 2 is 0.570 bits per heavy atom. The summed E-state index contributed by atoms with van der Waals surface area (Å²) >= 11 is 0. The van der Waals surface area contributed by atoms with E-state index in [-0.39, 0.29) is 0 Å². The summed E-state index contributed by atoms with van der Waals surface area (Å²) in [6.45, 7) is 0. The zero-order valence-electron chi connectivity index (χ0n) is 53.3. The highest BCUT2D eigenvalue weighted by atomic mass is 16.3. The number of furan rings is 2. The summed E-state index contributed by atoms with van der Waals surface area (Å²) in [5.41, 5.74) is 22.0. The Morgan fingerprint density at radius 1 is 0.210 bits per heavy atom. The van der Waals surface area contributed by atoms with Gasteiger partial charge < -0.3 is 18.0 Å². The molecule has 466 valence electrons. The van der Waals surface area contributed by atoms with E-state index in [1.807, 2.05) is 133 Å². The minimum atomic E-state index is 0.527. The van der Waals surface area contributed by atoms with E-state index in [4.69, 9.17) is 48.7 Å². The van der Waals surface area contributed by atoms with Crippen molar-refractivity contribution >= 4 is 87.7 Å². The number of nitrogens with zero attached hydrogens (tertiary/aromatic N) is 10. The Labute approximate surface area is 571 Å². The number of aromatic nitrogens is 10. The van der Waals surface area contributed by atoms with Crippen molar-refractivity contribution in [3.8, 4) is 113 Å². The smallest absolute Gasteiger partial charge is 0.164 e. The second kappa shape index (κ2) is 22.9. The van der Waals surface area contributed by atoms with Crippen LogP contribution < -0.4 is 0 Å². The average molecular weight is 1280 g/mol. The molecule has 0 fully saturated rings. The second-order valence-corrected chi connectivity index (χ2v) is 25.0. The van der Waals surface area contributed by atoms with Crippen molar-refractivity contribution < 1.29 is 8.83 Å². The summed E-state index contributed by atoms with van der Waals surface area (Å²) in [5.74, 6) is 3.37. The highest BCUT2D eigenvalue weighted by Crippen LogP contribution is 2.43. The molecule has 8 heterocycles. The number of hydrogen-bond acceptors (Lipinski definition) is 10. The minimum Gasteiger partial charge on any atom is -0.456 e. The van der Waals surface area contributed by atoms with Crippen molar-refractivity contribution in [2.75, 3.05) is 0 Å². The van der Waals surface area contributed by atoms with Crippen LogP contribution in [0.4, 0.5) is 0 Å². The predicted molar refractivity (Wildman–Crippen MR) is 401 cm³/mol. The molecule has 0 saturated carbocycles. The third-order valence-corrected chi connectivity index (χ3v) is 19.1. The van der Waals surface area contributed by atoms with E-state index in [1.54, 1.807) is 0 Å². The Hall–Kier alpha value is -13.8. The van der Waals surface area contributed by atoms with Crippen molar-refractivity contribution in [1.82, 2.24) is 49.0 Å². The molecule has 12 nitrogen and oxygen atoms in total. The summed E-state index contributed by atoms with van der Waals surface area (Å²) in [4.78, 5) is 41.9. The molecule has 0 spiro atoms. The van der Waals surface area contributed by atoms with Crippen molar-refractivity contribution in [2.24, 2.45) is 0 Å². The molecule has 8 aromatic heterocycles. The van der Waals surface area contributed by atoms with Crippen LogP contribution in [0.3, 0.4) is 0 Å². The molecule has 12 aromatic carbocycles.